The summed E-state index contributed by atoms with van der Waals surface area (Å²) in [5, 5.41) is 3.47. The molecule has 2 heterocycles. The predicted octanol–water partition coefficient (Wildman–Crippen LogP) is 4.21. The zero-order valence-corrected chi connectivity index (χ0v) is 20.5. The molecule has 0 amide bonds. The van der Waals surface area contributed by atoms with Gasteiger partial charge in [-0.3, -0.25) is 4.99 Å². The van der Waals surface area contributed by atoms with Gasteiger partial charge >= 0.3 is 0 Å². The topological polar surface area (TPSA) is 56.9 Å². The van der Waals surface area contributed by atoms with E-state index in [0.717, 1.165) is 56.4 Å². The van der Waals surface area contributed by atoms with Crippen molar-refractivity contribution in [2.24, 2.45) is 4.99 Å². The molecule has 3 aromatic rings. The SMILES string of the molecule is CN=C(NCCc1coc(-c2ccc(C)cc2)n1)N1CCN(c2ccccc2)CC1.I. The van der Waals surface area contributed by atoms with E-state index in [4.69, 9.17) is 4.42 Å². The summed E-state index contributed by atoms with van der Waals surface area (Å²) in [5.74, 6) is 1.62. The number of para-hydroxylation sites is 1. The molecule has 0 radical (unpaired) electrons. The van der Waals surface area contributed by atoms with Crippen LogP contribution in [0.25, 0.3) is 11.5 Å². The third-order valence-electron chi connectivity index (χ3n) is 5.43. The van der Waals surface area contributed by atoms with Gasteiger partial charge in [-0.25, -0.2) is 4.98 Å². The molecule has 1 fully saturated rings. The molecule has 2 aromatic carbocycles. The molecule has 1 saturated heterocycles. The second kappa shape index (κ2) is 11.2. The van der Waals surface area contributed by atoms with Crippen LogP contribution in [0, 0.1) is 6.92 Å². The third kappa shape index (κ3) is 6.00. The molecule has 1 aliphatic rings. The van der Waals surface area contributed by atoms with Gasteiger partial charge in [0.15, 0.2) is 5.96 Å². The Hall–Kier alpha value is -2.55. The van der Waals surface area contributed by atoms with Crippen molar-refractivity contribution in [3.8, 4) is 11.5 Å². The molecule has 0 spiro atoms. The molecule has 164 valence electrons. The van der Waals surface area contributed by atoms with E-state index in [1.54, 1.807) is 6.26 Å². The minimum Gasteiger partial charge on any atom is -0.444 e. The van der Waals surface area contributed by atoms with Crippen LogP contribution in [0.4, 0.5) is 5.69 Å². The van der Waals surface area contributed by atoms with E-state index in [1.165, 1.54) is 11.3 Å². The van der Waals surface area contributed by atoms with Crippen molar-refractivity contribution in [1.29, 1.82) is 0 Å². The van der Waals surface area contributed by atoms with E-state index >= 15 is 0 Å². The maximum Gasteiger partial charge on any atom is 0.226 e. The molecule has 0 unspecified atom stereocenters. The van der Waals surface area contributed by atoms with Crippen LogP contribution in [0.1, 0.15) is 11.3 Å². The summed E-state index contributed by atoms with van der Waals surface area (Å²) >= 11 is 0. The van der Waals surface area contributed by atoms with Crippen LogP contribution in [0.2, 0.25) is 0 Å². The van der Waals surface area contributed by atoms with Gasteiger partial charge in [-0.2, -0.15) is 0 Å². The maximum absolute atomic E-state index is 5.66. The first-order valence-electron chi connectivity index (χ1n) is 10.5. The molecule has 7 heteroatoms. The van der Waals surface area contributed by atoms with Crippen molar-refractivity contribution in [2.45, 2.75) is 13.3 Å². The van der Waals surface area contributed by atoms with E-state index in [-0.39, 0.29) is 24.0 Å². The number of nitrogens with zero attached hydrogens (tertiary/aromatic N) is 4. The Labute approximate surface area is 201 Å². The largest absolute Gasteiger partial charge is 0.444 e. The highest BCUT2D eigenvalue weighted by atomic mass is 127. The first-order valence-corrected chi connectivity index (χ1v) is 10.5. The second-order valence-electron chi connectivity index (χ2n) is 7.54. The average molecular weight is 531 g/mol. The van der Waals surface area contributed by atoms with Gasteiger partial charge in [0.25, 0.3) is 0 Å². The van der Waals surface area contributed by atoms with Crippen molar-refractivity contribution in [3.63, 3.8) is 0 Å². The van der Waals surface area contributed by atoms with E-state index in [1.807, 2.05) is 19.2 Å². The van der Waals surface area contributed by atoms with Crippen LogP contribution < -0.4 is 10.2 Å². The molecule has 1 aliphatic heterocycles. The number of rotatable bonds is 5. The van der Waals surface area contributed by atoms with Gasteiger partial charge < -0.3 is 19.5 Å². The molecule has 0 atom stereocenters. The molecule has 6 nitrogen and oxygen atoms in total. The molecule has 0 saturated carbocycles. The predicted molar refractivity (Wildman–Crippen MR) is 137 cm³/mol. The Kier molecular flexibility index (Phi) is 8.34. The summed E-state index contributed by atoms with van der Waals surface area (Å²) < 4.78 is 5.66. The number of halogens is 1. The Balaban J connectivity index is 0.00000272. The highest BCUT2D eigenvalue weighted by Gasteiger charge is 2.19. The average Bonchev–Trinajstić information content (AvgIpc) is 3.27. The molecule has 4 rings (SSSR count). The lowest BCUT2D eigenvalue weighted by Gasteiger charge is -2.37. The number of nitrogens with one attached hydrogen (secondary N) is 1. The summed E-state index contributed by atoms with van der Waals surface area (Å²) in [6.07, 6.45) is 2.54. The molecule has 31 heavy (non-hydrogen) atoms. The molecular formula is C24H30IN5O. The number of aromatic nitrogens is 1. The number of aryl methyl sites for hydroxylation is 1. The lowest BCUT2D eigenvalue weighted by molar-refractivity contribution is 0.373. The number of oxazole rings is 1. The second-order valence-corrected chi connectivity index (χ2v) is 7.54. The van der Waals surface area contributed by atoms with Crippen molar-refractivity contribution >= 4 is 35.6 Å². The van der Waals surface area contributed by atoms with Gasteiger partial charge in [0, 0.05) is 57.4 Å². The minimum absolute atomic E-state index is 0. The van der Waals surface area contributed by atoms with Crippen LogP contribution in [-0.4, -0.2) is 55.6 Å². The minimum atomic E-state index is 0. The number of hydrogen-bond donors (Lipinski definition) is 1. The molecular weight excluding hydrogens is 501 g/mol. The Morgan fingerprint density at radius 1 is 1.03 bits per heavy atom. The molecule has 1 N–H and O–H groups in total. The summed E-state index contributed by atoms with van der Waals surface area (Å²) in [6.45, 7) is 6.74. The maximum atomic E-state index is 5.66. The lowest BCUT2D eigenvalue weighted by atomic mass is 10.1. The number of benzene rings is 2. The van der Waals surface area contributed by atoms with Crippen LogP contribution in [0.5, 0.6) is 0 Å². The number of guanidine groups is 1. The van der Waals surface area contributed by atoms with E-state index in [0.29, 0.717) is 5.89 Å². The Morgan fingerprint density at radius 3 is 2.42 bits per heavy atom. The van der Waals surface area contributed by atoms with E-state index < -0.39 is 0 Å². The van der Waals surface area contributed by atoms with Crippen LogP contribution in [-0.2, 0) is 6.42 Å². The van der Waals surface area contributed by atoms with Crippen LogP contribution >= 0.6 is 24.0 Å². The fourth-order valence-electron chi connectivity index (χ4n) is 3.70. The smallest absolute Gasteiger partial charge is 0.226 e. The van der Waals surface area contributed by atoms with Gasteiger partial charge in [-0.05, 0) is 31.2 Å². The zero-order valence-electron chi connectivity index (χ0n) is 18.1. The van der Waals surface area contributed by atoms with E-state index in [2.05, 4.69) is 74.5 Å². The van der Waals surface area contributed by atoms with Gasteiger partial charge in [-0.1, -0.05) is 35.9 Å². The quantitative estimate of drug-likeness (QED) is 0.304. The number of hydrogen-bond acceptors (Lipinski definition) is 4. The first-order chi connectivity index (χ1) is 14.7. The van der Waals surface area contributed by atoms with Gasteiger partial charge in [0.05, 0.1) is 5.69 Å². The Bertz CT molecular complexity index is 963. The number of aliphatic imine (C=N–C) groups is 1. The molecule has 1 aromatic heterocycles. The summed E-state index contributed by atoms with van der Waals surface area (Å²) in [7, 11) is 1.84. The lowest BCUT2D eigenvalue weighted by Crippen LogP contribution is -2.52. The number of anilines is 1. The fraction of sp³-hybridized carbons (Fsp3) is 0.333. The van der Waals surface area contributed by atoms with Crippen molar-refractivity contribution in [3.05, 3.63) is 72.1 Å². The Morgan fingerprint density at radius 2 is 1.74 bits per heavy atom. The summed E-state index contributed by atoms with van der Waals surface area (Å²) in [5.41, 5.74) is 4.47. The molecule has 0 aliphatic carbocycles. The first kappa shape index (κ1) is 23.1. The third-order valence-corrected chi connectivity index (χ3v) is 5.43. The van der Waals surface area contributed by atoms with Crippen molar-refractivity contribution in [1.82, 2.24) is 15.2 Å². The number of piperazine rings is 1. The van der Waals surface area contributed by atoms with E-state index in [9.17, 15) is 0 Å². The highest BCUT2D eigenvalue weighted by molar-refractivity contribution is 14.0. The fourth-order valence-corrected chi connectivity index (χ4v) is 3.70. The van der Waals surface area contributed by atoms with Gasteiger partial charge in [0.1, 0.15) is 6.26 Å². The van der Waals surface area contributed by atoms with Crippen molar-refractivity contribution in [2.75, 3.05) is 44.7 Å². The highest BCUT2D eigenvalue weighted by Crippen LogP contribution is 2.19. The zero-order chi connectivity index (χ0) is 20.8. The van der Waals surface area contributed by atoms with Gasteiger partial charge in [-0.15, -0.1) is 24.0 Å². The van der Waals surface area contributed by atoms with Crippen LogP contribution in [0.15, 0.2) is 70.3 Å². The van der Waals surface area contributed by atoms with Crippen LogP contribution in [0.3, 0.4) is 0 Å². The normalized spacial score (nSPS) is 14.3. The van der Waals surface area contributed by atoms with Crippen molar-refractivity contribution < 1.29 is 4.42 Å². The standard InChI is InChI=1S/C24H29N5O.HI/c1-19-8-10-20(11-9-19)23-27-21(18-30-23)12-13-26-24(25-2)29-16-14-28(15-17-29)22-6-4-3-5-7-22;/h3-11,18H,12-17H2,1-2H3,(H,25,26);1H. The molecule has 0 bridgehead atoms. The van der Waals surface area contributed by atoms with Gasteiger partial charge in [0.2, 0.25) is 5.89 Å². The monoisotopic (exact) mass is 531 g/mol. The summed E-state index contributed by atoms with van der Waals surface area (Å²) in [6, 6.07) is 18.8. The summed E-state index contributed by atoms with van der Waals surface area (Å²) in [4.78, 5) is 13.8.